The van der Waals surface area contributed by atoms with Crippen LogP contribution in [0.25, 0.3) is 10.9 Å². The molecule has 2 aromatic carbocycles. The number of ether oxygens (including phenoxy) is 2. The molecule has 0 unspecified atom stereocenters. The predicted octanol–water partition coefficient (Wildman–Crippen LogP) is 3.74. The van der Waals surface area contributed by atoms with Gasteiger partial charge >= 0.3 is 6.03 Å². The average molecular weight is 445 g/mol. The van der Waals surface area contributed by atoms with Crippen LogP contribution < -0.4 is 25.4 Å². The number of anilines is 3. The number of methoxy groups -OCH3 is 2. The minimum atomic E-state index is -0.382. The summed E-state index contributed by atoms with van der Waals surface area (Å²) in [7, 11) is 3.17. The molecule has 4 rings (SSSR count). The second-order valence-corrected chi connectivity index (χ2v) is 6.96. The number of para-hydroxylation sites is 1. The van der Waals surface area contributed by atoms with Crippen LogP contribution in [0.3, 0.4) is 0 Å². The average Bonchev–Trinajstić information content (AvgIpc) is 2.85. The second kappa shape index (κ2) is 10.2. The third kappa shape index (κ3) is 5.42. The molecule has 0 saturated carbocycles. The summed E-state index contributed by atoms with van der Waals surface area (Å²) < 4.78 is 10.7. The molecule has 0 radical (unpaired) electrons. The van der Waals surface area contributed by atoms with Crippen molar-refractivity contribution in [1.29, 1.82) is 0 Å². The highest BCUT2D eigenvalue weighted by molar-refractivity contribution is 5.99. The van der Waals surface area contributed by atoms with Gasteiger partial charge in [0.2, 0.25) is 0 Å². The topological polar surface area (TPSA) is 123 Å². The van der Waals surface area contributed by atoms with Crippen molar-refractivity contribution >= 4 is 34.3 Å². The molecule has 4 aromatic rings. The number of hydrogen-bond donors (Lipinski definition) is 3. The van der Waals surface area contributed by atoms with Crippen molar-refractivity contribution in [2.24, 2.45) is 0 Å². The first-order valence-electron chi connectivity index (χ1n) is 10.2. The van der Waals surface area contributed by atoms with E-state index in [0.717, 1.165) is 16.6 Å². The lowest BCUT2D eigenvalue weighted by molar-refractivity contribution is 0.262. The largest absolute Gasteiger partial charge is 0.493 e. The summed E-state index contributed by atoms with van der Waals surface area (Å²) >= 11 is 0. The highest BCUT2D eigenvalue weighted by Gasteiger charge is 2.11. The highest BCUT2D eigenvalue weighted by atomic mass is 16.5. The quantitative estimate of drug-likeness (QED) is 0.375. The van der Waals surface area contributed by atoms with Gasteiger partial charge in [-0.25, -0.2) is 19.7 Å². The van der Waals surface area contributed by atoms with Crippen molar-refractivity contribution in [2.75, 3.05) is 36.7 Å². The minimum absolute atomic E-state index is 0.364. The molecule has 10 heteroatoms. The number of carbonyl (C=O) groups is 1. The Labute approximate surface area is 190 Å². The number of benzene rings is 2. The van der Waals surface area contributed by atoms with Crippen LogP contribution in [0.15, 0.2) is 61.2 Å². The minimum Gasteiger partial charge on any atom is -0.493 e. The number of amides is 2. The standard InChI is InChI=1S/C23H23N7O3/c1-32-19-10-17-18(11-20(19)33-2)27-14-28-22(17)24-9-8-16-12-26-21(13-25-16)30-23(31)29-15-6-4-3-5-7-15/h3-7,10-14H,8-9H2,1-2H3,(H,24,27,28)(H2,26,29,30,31). The van der Waals surface area contributed by atoms with Crippen molar-refractivity contribution in [3.63, 3.8) is 0 Å². The van der Waals surface area contributed by atoms with Crippen LogP contribution in [0.4, 0.5) is 22.1 Å². The number of carbonyl (C=O) groups excluding carboxylic acids is 1. The SMILES string of the molecule is COc1cc2ncnc(NCCc3cnc(NC(=O)Nc4ccccc4)cn3)c2cc1OC. The zero-order valence-corrected chi connectivity index (χ0v) is 18.2. The lowest BCUT2D eigenvalue weighted by Crippen LogP contribution is -2.20. The molecule has 0 saturated heterocycles. The Kier molecular flexibility index (Phi) is 6.74. The van der Waals surface area contributed by atoms with E-state index in [2.05, 4.69) is 35.9 Å². The smallest absolute Gasteiger partial charge is 0.324 e. The van der Waals surface area contributed by atoms with E-state index >= 15 is 0 Å². The lowest BCUT2D eigenvalue weighted by atomic mass is 10.2. The summed E-state index contributed by atoms with van der Waals surface area (Å²) in [6.45, 7) is 0.580. The fourth-order valence-corrected chi connectivity index (χ4v) is 3.18. The van der Waals surface area contributed by atoms with E-state index in [0.29, 0.717) is 41.8 Å². The van der Waals surface area contributed by atoms with E-state index in [1.807, 2.05) is 30.3 Å². The van der Waals surface area contributed by atoms with Crippen LogP contribution in [0.2, 0.25) is 0 Å². The fourth-order valence-electron chi connectivity index (χ4n) is 3.18. The highest BCUT2D eigenvalue weighted by Crippen LogP contribution is 2.33. The number of nitrogens with one attached hydrogen (secondary N) is 3. The number of urea groups is 1. The van der Waals surface area contributed by atoms with Crippen molar-refractivity contribution < 1.29 is 14.3 Å². The van der Waals surface area contributed by atoms with Gasteiger partial charge in [0.05, 0.1) is 37.8 Å². The molecule has 0 aliphatic carbocycles. The third-order valence-corrected chi connectivity index (χ3v) is 4.79. The van der Waals surface area contributed by atoms with Crippen molar-refractivity contribution in [1.82, 2.24) is 19.9 Å². The molecular weight excluding hydrogens is 422 g/mol. The van der Waals surface area contributed by atoms with Gasteiger partial charge in [-0.1, -0.05) is 18.2 Å². The van der Waals surface area contributed by atoms with E-state index in [1.165, 1.54) is 12.5 Å². The molecule has 0 atom stereocenters. The fraction of sp³-hybridized carbons (Fsp3) is 0.174. The van der Waals surface area contributed by atoms with Gasteiger partial charge in [0.25, 0.3) is 0 Å². The zero-order valence-electron chi connectivity index (χ0n) is 18.2. The molecule has 168 valence electrons. The molecule has 2 amide bonds. The predicted molar refractivity (Wildman–Crippen MR) is 126 cm³/mol. The maximum atomic E-state index is 12.1. The molecule has 33 heavy (non-hydrogen) atoms. The maximum Gasteiger partial charge on any atom is 0.324 e. The van der Waals surface area contributed by atoms with Crippen molar-refractivity contribution in [3.8, 4) is 11.5 Å². The van der Waals surface area contributed by atoms with E-state index in [4.69, 9.17) is 9.47 Å². The summed E-state index contributed by atoms with van der Waals surface area (Å²) in [5.41, 5.74) is 2.21. The molecule has 2 heterocycles. The number of rotatable bonds is 8. The second-order valence-electron chi connectivity index (χ2n) is 6.96. The van der Waals surface area contributed by atoms with Gasteiger partial charge in [-0.05, 0) is 18.2 Å². The van der Waals surface area contributed by atoms with Gasteiger partial charge in [0.1, 0.15) is 12.1 Å². The Morgan fingerprint density at radius 2 is 1.70 bits per heavy atom. The number of hydrogen-bond acceptors (Lipinski definition) is 8. The van der Waals surface area contributed by atoms with Crippen LogP contribution >= 0.6 is 0 Å². The molecule has 0 spiro atoms. The number of aromatic nitrogens is 4. The molecule has 2 aromatic heterocycles. The van der Waals surface area contributed by atoms with Crippen LogP contribution in [-0.4, -0.2) is 46.7 Å². The summed E-state index contributed by atoms with van der Waals surface area (Å²) in [6.07, 6.45) is 5.27. The van der Waals surface area contributed by atoms with Gasteiger partial charge in [-0.2, -0.15) is 0 Å². The molecule has 0 fully saturated rings. The normalized spacial score (nSPS) is 10.5. The summed E-state index contributed by atoms with van der Waals surface area (Å²) in [4.78, 5) is 29.3. The Hall–Kier alpha value is -4.47. The monoisotopic (exact) mass is 445 g/mol. The van der Waals surface area contributed by atoms with Crippen LogP contribution in [0, 0.1) is 0 Å². The number of fused-ring (bicyclic) bond motifs is 1. The Morgan fingerprint density at radius 3 is 2.42 bits per heavy atom. The molecular formula is C23H23N7O3. The third-order valence-electron chi connectivity index (χ3n) is 4.79. The van der Waals surface area contributed by atoms with Gasteiger partial charge in [-0.15, -0.1) is 0 Å². The molecule has 10 nitrogen and oxygen atoms in total. The number of nitrogens with zero attached hydrogens (tertiary/aromatic N) is 4. The zero-order chi connectivity index (χ0) is 23.0. The molecule has 0 bridgehead atoms. The maximum absolute atomic E-state index is 12.1. The van der Waals surface area contributed by atoms with E-state index < -0.39 is 0 Å². The molecule has 3 N–H and O–H groups in total. The van der Waals surface area contributed by atoms with Crippen molar-refractivity contribution in [3.05, 3.63) is 66.9 Å². The molecule has 0 aliphatic heterocycles. The van der Waals surface area contributed by atoms with Crippen LogP contribution in [0.5, 0.6) is 11.5 Å². The molecule has 0 aliphatic rings. The Bertz CT molecular complexity index is 1230. The first kappa shape index (κ1) is 21.8. The summed E-state index contributed by atoms with van der Waals surface area (Å²) in [5.74, 6) is 2.26. The van der Waals surface area contributed by atoms with E-state index in [-0.39, 0.29) is 6.03 Å². The van der Waals surface area contributed by atoms with E-state index in [1.54, 1.807) is 32.5 Å². The first-order chi connectivity index (χ1) is 16.2. The van der Waals surface area contributed by atoms with E-state index in [9.17, 15) is 4.79 Å². The van der Waals surface area contributed by atoms with Gasteiger partial charge < -0.3 is 20.1 Å². The van der Waals surface area contributed by atoms with Crippen molar-refractivity contribution in [2.45, 2.75) is 6.42 Å². The Balaban J connectivity index is 1.34. The van der Waals surface area contributed by atoms with Gasteiger partial charge in [0, 0.05) is 30.1 Å². The van der Waals surface area contributed by atoms with Gasteiger partial charge in [0.15, 0.2) is 17.3 Å². The summed E-state index contributed by atoms with van der Waals surface area (Å²) in [6, 6.07) is 12.4. The summed E-state index contributed by atoms with van der Waals surface area (Å²) in [5, 5.41) is 9.52. The first-order valence-corrected chi connectivity index (χ1v) is 10.2. The van der Waals surface area contributed by atoms with Crippen LogP contribution in [0.1, 0.15) is 5.69 Å². The lowest BCUT2D eigenvalue weighted by Gasteiger charge is -2.12. The van der Waals surface area contributed by atoms with Gasteiger partial charge in [-0.3, -0.25) is 10.3 Å². The Morgan fingerprint density at radius 1 is 0.909 bits per heavy atom. The van der Waals surface area contributed by atoms with Crippen LogP contribution in [-0.2, 0) is 6.42 Å².